The van der Waals surface area contributed by atoms with Crippen LogP contribution in [0.15, 0.2) is 40.9 Å². The number of carbonyl (C=O) groups is 1. The number of sulfonamides is 1. The number of hydrogen-bond acceptors (Lipinski definition) is 5. The zero-order valence-electron chi connectivity index (χ0n) is 23.1. The lowest BCUT2D eigenvalue weighted by Crippen LogP contribution is -2.43. The van der Waals surface area contributed by atoms with E-state index in [4.69, 9.17) is 0 Å². The molecule has 11 heteroatoms. The average Bonchev–Trinajstić information content (AvgIpc) is 3.11. The molecule has 2 aromatic rings. The molecule has 3 rings (SSSR count). The van der Waals surface area contributed by atoms with Gasteiger partial charge in [0.25, 0.3) is 0 Å². The van der Waals surface area contributed by atoms with Gasteiger partial charge in [-0.3, -0.25) is 9.69 Å². The van der Waals surface area contributed by atoms with Gasteiger partial charge in [-0.15, -0.1) is 0 Å². The van der Waals surface area contributed by atoms with Crippen LogP contribution >= 0.6 is 15.9 Å². The highest BCUT2D eigenvalue weighted by Crippen LogP contribution is 2.30. The Kier molecular flexibility index (Phi) is 10.3. The zero-order chi connectivity index (χ0) is 29.1. The summed E-state index contributed by atoms with van der Waals surface area (Å²) in [6, 6.07) is 8.77. The molecule has 1 aliphatic heterocycles. The second-order valence-corrected chi connectivity index (χ2v) is 14.6. The number of carboxylic acid groups (broad SMARTS) is 1. The third kappa shape index (κ3) is 8.53. The molecule has 0 bridgehead atoms. The molecule has 0 radical (unpaired) electrons. The second kappa shape index (κ2) is 12.7. The molecule has 1 N–H and O–H groups in total. The summed E-state index contributed by atoms with van der Waals surface area (Å²) in [5.74, 6) is -2.61. The van der Waals surface area contributed by atoms with Gasteiger partial charge in [0.1, 0.15) is 17.7 Å². The highest BCUT2D eigenvalue weighted by molar-refractivity contribution is 9.10. The number of benzene rings is 2. The largest absolute Gasteiger partial charge is 0.480 e. The van der Waals surface area contributed by atoms with Crippen LogP contribution in [0.25, 0.3) is 0 Å². The number of aliphatic carboxylic acids is 1. The predicted octanol–water partition coefficient (Wildman–Crippen LogP) is 5.08. The van der Waals surface area contributed by atoms with E-state index in [9.17, 15) is 22.7 Å². The maximum atomic E-state index is 15.1. The summed E-state index contributed by atoms with van der Waals surface area (Å²) in [4.78, 5) is 15.8. The molecule has 0 amide bonds. The van der Waals surface area contributed by atoms with Gasteiger partial charge in [0.05, 0.1) is 10.2 Å². The third-order valence-corrected chi connectivity index (χ3v) is 9.26. The van der Waals surface area contributed by atoms with Crippen molar-refractivity contribution >= 4 is 31.9 Å². The summed E-state index contributed by atoms with van der Waals surface area (Å²) in [5.41, 5.74) is 1.42. The van der Waals surface area contributed by atoms with Crippen LogP contribution in [0.4, 0.5) is 8.78 Å². The summed E-state index contributed by atoms with van der Waals surface area (Å²) in [6.07, 6.45) is 0.822. The van der Waals surface area contributed by atoms with E-state index >= 15 is 4.39 Å². The molecule has 2 aromatic carbocycles. The summed E-state index contributed by atoms with van der Waals surface area (Å²) in [6.45, 7) is 7.41. The molecular weight excluding hydrogens is 592 g/mol. The maximum Gasteiger partial charge on any atom is 0.322 e. The van der Waals surface area contributed by atoms with Gasteiger partial charge < -0.3 is 10.0 Å². The molecule has 0 aromatic heterocycles. The SMILES string of the molecule is CN(C)C[C@H](CC(C)(C)C)N(Cc1cccc(CN2C(C(=O)O)CCS2(=O)=O)c1)Cc1c(F)ccc(Br)c1F. The number of likely N-dealkylation sites (N-methyl/N-ethyl adjacent to an activating group) is 1. The molecule has 7 nitrogen and oxygen atoms in total. The van der Waals surface area contributed by atoms with Crippen LogP contribution in [0.2, 0.25) is 0 Å². The van der Waals surface area contributed by atoms with Crippen molar-refractivity contribution in [3.8, 4) is 0 Å². The van der Waals surface area contributed by atoms with E-state index in [0.29, 0.717) is 18.7 Å². The van der Waals surface area contributed by atoms with Crippen molar-refractivity contribution in [2.45, 2.75) is 65.3 Å². The first-order valence-corrected chi connectivity index (χ1v) is 15.3. The molecule has 1 fully saturated rings. The van der Waals surface area contributed by atoms with Crippen LogP contribution in [-0.4, -0.2) is 72.1 Å². The molecule has 1 aliphatic rings. The molecule has 1 heterocycles. The summed E-state index contributed by atoms with van der Waals surface area (Å²) < 4.78 is 56.2. The first-order chi connectivity index (χ1) is 18.1. The summed E-state index contributed by atoms with van der Waals surface area (Å²) in [7, 11) is 0.257. The van der Waals surface area contributed by atoms with E-state index in [1.165, 1.54) is 12.1 Å². The lowest BCUT2D eigenvalue weighted by molar-refractivity contribution is -0.141. The van der Waals surface area contributed by atoms with Gasteiger partial charge in [0.15, 0.2) is 0 Å². The first kappa shape index (κ1) is 31.6. The van der Waals surface area contributed by atoms with Crippen LogP contribution in [0.5, 0.6) is 0 Å². The fourth-order valence-electron chi connectivity index (χ4n) is 5.08. The number of nitrogens with zero attached hydrogens (tertiary/aromatic N) is 3. The molecule has 0 spiro atoms. The fourth-order valence-corrected chi connectivity index (χ4v) is 7.14. The van der Waals surface area contributed by atoms with Gasteiger partial charge in [0, 0.05) is 37.8 Å². The maximum absolute atomic E-state index is 15.1. The monoisotopic (exact) mass is 629 g/mol. The van der Waals surface area contributed by atoms with Crippen LogP contribution in [0.1, 0.15) is 50.3 Å². The van der Waals surface area contributed by atoms with Gasteiger partial charge in [-0.25, -0.2) is 17.2 Å². The van der Waals surface area contributed by atoms with Crippen molar-refractivity contribution in [2.75, 3.05) is 26.4 Å². The first-order valence-electron chi connectivity index (χ1n) is 12.9. The van der Waals surface area contributed by atoms with Crippen molar-refractivity contribution in [3.63, 3.8) is 0 Å². The smallest absolute Gasteiger partial charge is 0.322 e. The van der Waals surface area contributed by atoms with E-state index in [0.717, 1.165) is 16.3 Å². The van der Waals surface area contributed by atoms with E-state index in [1.807, 2.05) is 26.2 Å². The highest BCUT2D eigenvalue weighted by atomic mass is 79.9. The Balaban J connectivity index is 1.96. The molecular formula is C28H38BrF2N3O4S. The Hall–Kier alpha value is -1.92. The minimum absolute atomic E-state index is 0.0225. The quantitative estimate of drug-likeness (QED) is 0.349. The van der Waals surface area contributed by atoms with Gasteiger partial charge in [-0.1, -0.05) is 45.0 Å². The van der Waals surface area contributed by atoms with Gasteiger partial charge in [-0.05, 0) is 71.5 Å². The number of halogens is 3. The Bertz CT molecular complexity index is 1280. The molecule has 1 saturated heterocycles. The van der Waals surface area contributed by atoms with Crippen LogP contribution in [0, 0.1) is 17.0 Å². The lowest BCUT2D eigenvalue weighted by atomic mass is 9.87. The molecule has 0 aliphatic carbocycles. The van der Waals surface area contributed by atoms with Crippen LogP contribution in [-0.2, 0) is 34.5 Å². The Morgan fingerprint density at radius 2 is 1.82 bits per heavy atom. The van der Waals surface area contributed by atoms with E-state index in [1.54, 1.807) is 12.1 Å². The molecule has 1 unspecified atom stereocenters. The number of hydrogen-bond donors (Lipinski definition) is 1. The minimum atomic E-state index is -3.67. The molecule has 0 saturated carbocycles. The van der Waals surface area contributed by atoms with Crippen molar-refractivity contribution < 1.29 is 27.1 Å². The lowest BCUT2D eigenvalue weighted by Gasteiger charge is -2.37. The van der Waals surface area contributed by atoms with Crippen molar-refractivity contribution in [3.05, 3.63) is 69.2 Å². The van der Waals surface area contributed by atoms with E-state index in [-0.39, 0.29) is 46.8 Å². The van der Waals surface area contributed by atoms with Crippen LogP contribution in [0.3, 0.4) is 0 Å². The summed E-state index contributed by atoms with van der Waals surface area (Å²) in [5, 5.41) is 9.52. The summed E-state index contributed by atoms with van der Waals surface area (Å²) >= 11 is 3.17. The third-order valence-electron chi connectivity index (χ3n) is 6.80. The second-order valence-electron chi connectivity index (χ2n) is 11.7. The molecule has 216 valence electrons. The fraction of sp³-hybridized carbons (Fsp3) is 0.536. The van der Waals surface area contributed by atoms with Crippen LogP contribution < -0.4 is 0 Å². The van der Waals surface area contributed by atoms with E-state index in [2.05, 4.69) is 46.5 Å². The van der Waals surface area contributed by atoms with Crippen molar-refractivity contribution in [1.82, 2.24) is 14.1 Å². The number of rotatable bonds is 11. The molecule has 39 heavy (non-hydrogen) atoms. The Morgan fingerprint density at radius 3 is 2.44 bits per heavy atom. The minimum Gasteiger partial charge on any atom is -0.480 e. The van der Waals surface area contributed by atoms with Gasteiger partial charge in [-0.2, -0.15) is 4.31 Å². The predicted molar refractivity (Wildman–Crippen MR) is 152 cm³/mol. The highest BCUT2D eigenvalue weighted by Gasteiger charge is 2.41. The average molecular weight is 631 g/mol. The van der Waals surface area contributed by atoms with E-state index < -0.39 is 33.7 Å². The molecule has 2 atom stereocenters. The standard InChI is InChI=1S/C28H38BrF2N3O4S/c1-28(2,3)14-21(17-32(4)5)33(18-22-24(30)10-9-23(29)26(22)31)15-19-7-6-8-20(13-19)16-34-25(27(35)36)11-12-39(34,37)38/h6-10,13,21,25H,11-12,14-18H2,1-5H3,(H,35,36)/t21-,25?/m0/s1. The van der Waals surface area contributed by atoms with Gasteiger partial charge in [0.2, 0.25) is 10.0 Å². The van der Waals surface area contributed by atoms with Crippen molar-refractivity contribution in [2.24, 2.45) is 5.41 Å². The topological polar surface area (TPSA) is 81.2 Å². The van der Waals surface area contributed by atoms with Gasteiger partial charge >= 0.3 is 5.97 Å². The normalized spacial score (nSPS) is 18.7. The van der Waals surface area contributed by atoms with Crippen molar-refractivity contribution in [1.29, 1.82) is 0 Å². The Morgan fingerprint density at radius 1 is 1.15 bits per heavy atom. The zero-order valence-corrected chi connectivity index (χ0v) is 25.5. The Labute approximate surface area is 239 Å². The number of carboxylic acids is 1.